The Morgan fingerprint density at radius 2 is 1.68 bits per heavy atom. The standard InChI is InChI=1S/C19H14Cl2N2O2/c1-22-10-13(11-5-2-3-8-16(11)22)12-9-17(24)23(19(12)25)18-14(20)6-4-7-15(18)21/h2-8,10,12H,9H2,1H3. The number of rotatable bonds is 2. The van der Waals surface area contributed by atoms with E-state index >= 15 is 0 Å². The van der Waals surface area contributed by atoms with Crippen LogP contribution >= 0.6 is 23.2 Å². The van der Waals surface area contributed by atoms with Gasteiger partial charge in [0, 0.05) is 30.6 Å². The number of fused-ring (bicyclic) bond motifs is 1. The summed E-state index contributed by atoms with van der Waals surface area (Å²) in [5.41, 5.74) is 2.14. The lowest BCUT2D eigenvalue weighted by Crippen LogP contribution is -2.30. The second-order valence-electron chi connectivity index (χ2n) is 6.11. The Hall–Kier alpha value is -2.30. The van der Waals surface area contributed by atoms with Crippen molar-refractivity contribution in [3.63, 3.8) is 0 Å². The van der Waals surface area contributed by atoms with Crippen molar-refractivity contribution in [2.45, 2.75) is 12.3 Å². The van der Waals surface area contributed by atoms with Crippen molar-refractivity contribution in [2.75, 3.05) is 4.90 Å². The predicted octanol–water partition coefficient (Wildman–Crippen LogP) is 4.53. The molecule has 1 aromatic heterocycles. The number of halogens is 2. The molecule has 0 bridgehead atoms. The van der Waals surface area contributed by atoms with Crippen molar-refractivity contribution in [1.82, 2.24) is 4.57 Å². The number of aromatic nitrogens is 1. The minimum Gasteiger partial charge on any atom is -0.350 e. The number of hydrogen-bond acceptors (Lipinski definition) is 2. The lowest BCUT2D eigenvalue weighted by molar-refractivity contribution is -0.121. The third-order valence-electron chi connectivity index (χ3n) is 4.61. The van der Waals surface area contributed by atoms with Gasteiger partial charge in [-0.3, -0.25) is 9.59 Å². The zero-order valence-corrected chi connectivity index (χ0v) is 14.9. The first-order valence-corrected chi connectivity index (χ1v) is 8.59. The fourth-order valence-electron chi connectivity index (χ4n) is 3.46. The first kappa shape index (κ1) is 16.2. The fourth-order valence-corrected chi connectivity index (χ4v) is 4.03. The summed E-state index contributed by atoms with van der Waals surface area (Å²) in [5.74, 6) is -1.12. The van der Waals surface area contributed by atoms with Crippen molar-refractivity contribution in [1.29, 1.82) is 0 Å². The van der Waals surface area contributed by atoms with Gasteiger partial charge in [0.2, 0.25) is 11.8 Å². The fraction of sp³-hybridized carbons (Fsp3) is 0.158. The van der Waals surface area contributed by atoms with Gasteiger partial charge < -0.3 is 4.57 Å². The van der Waals surface area contributed by atoms with Gasteiger partial charge in [-0.05, 0) is 23.8 Å². The van der Waals surface area contributed by atoms with Gasteiger partial charge in [-0.1, -0.05) is 47.5 Å². The number of anilines is 1. The maximum atomic E-state index is 13.1. The topological polar surface area (TPSA) is 42.3 Å². The van der Waals surface area contributed by atoms with Crippen molar-refractivity contribution >= 4 is 51.6 Å². The van der Waals surface area contributed by atoms with Gasteiger partial charge in [0.05, 0.1) is 21.7 Å². The Balaban J connectivity index is 1.82. The zero-order valence-electron chi connectivity index (χ0n) is 13.4. The SMILES string of the molecule is Cn1cc(C2CC(=O)N(c3c(Cl)cccc3Cl)C2=O)c2ccccc21. The van der Waals surface area contributed by atoms with Crippen LogP contribution in [-0.2, 0) is 16.6 Å². The van der Waals surface area contributed by atoms with E-state index in [1.807, 2.05) is 42.1 Å². The van der Waals surface area contributed by atoms with E-state index in [-0.39, 0.29) is 34.0 Å². The summed E-state index contributed by atoms with van der Waals surface area (Å²) in [5, 5.41) is 1.55. The molecular weight excluding hydrogens is 359 g/mol. The van der Waals surface area contributed by atoms with Gasteiger partial charge in [-0.15, -0.1) is 0 Å². The molecule has 126 valence electrons. The van der Waals surface area contributed by atoms with E-state index < -0.39 is 5.92 Å². The highest BCUT2D eigenvalue weighted by Gasteiger charge is 2.42. The average Bonchev–Trinajstić information content (AvgIpc) is 3.06. The number of amides is 2. The first-order valence-electron chi connectivity index (χ1n) is 7.84. The zero-order chi connectivity index (χ0) is 17.7. The summed E-state index contributed by atoms with van der Waals surface area (Å²) < 4.78 is 1.97. The maximum Gasteiger partial charge on any atom is 0.242 e. The second kappa shape index (κ2) is 5.90. The molecule has 4 rings (SSSR count). The molecule has 0 N–H and O–H groups in total. The minimum atomic E-state index is -0.536. The van der Waals surface area contributed by atoms with Crippen LogP contribution in [-0.4, -0.2) is 16.4 Å². The Kier molecular flexibility index (Phi) is 3.82. The molecular formula is C19H14Cl2N2O2. The van der Waals surface area contributed by atoms with Crippen LogP contribution in [0.4, 0.5) is 5.69 Å². The predicted molar refractivity (Wildman–Crippen MR) is 99.2 cm³/mol. The highest BCUT2D eigenvalue weighted by molar-refractivity contribution is 6.42. The summed E-state index contributed by atoms with van der Waals surface area (Å²) in [6.45, 7) is 0. The van der Waals surface area contributed by atoms with Crippen LogP contribution in [0.25, 0.3) is 10.9 Å². The number of nitrogens with zero attached hydrogens (tertiary/aromatic N) is 2. The quantitative estimate of drug-likeness (QED) is 0.620. The van der Waals surface area contributed by atoms with E-state index in [9.17, 15) is 9.59 Å². The third kappa shape index (κ3) is 2.44. The van der Waals surface area contributed by atoms with E-state index in [2.05, 4.69) is 0 Å². The van der Waals surface area contributed by atoms with E-state index in [1.165, 1.54) is 0 Å². The van der Waals surface area contributed by atoms with Crippen LogP contribution in [0.15, 0.2) is 48.7 Å². The summed E-state index contributed by atoms with van der Waals surface area (Å²) in [6.07, 6.45) is 2.02. The normalized spacial score (nSPS) is 17.7. The molecule has 1 aliphatic rings. The Morgan fingerprint density at radius 1 is 1.00 bits per heavy atom. The molecule has 25 heavy (non-hydrogen) atoms. The van der Waals surface area contributed by atoms with Gasteiger partial charge in [0.1, 0.15) is 0 Å². The second-order valence-corrected chi connectivity index (χ2v) is 6.92. The molecule has 4 nitrogen and oxygen atoms in total. The third-order valence-corrected chi connectivity index (χ3v) is 5.22. The molecule has 6 heteroatoms. The number of benzene rings is 2. The van der Waals surface area contributed by atoms with E-state index in [0.29, 0.717) is 0 Å². The summed E-state index contributed by atoms with van der Waals surface area (Å²) >= 11 is 12.4. The number of carbonyl (C=O) groups excluding carboxylic acids is 2. The molecule has 1 saturated heterocycles. The molecule has 0 spiro atoms. The lowest BCUT2D eigenvalue weighted by Gasteiger charge is -2.17. The largest absolute Gasteiger partial charge is 0.350 e. The average molecular weight is 373 g/mol. The van der Waals surface area contributed by atoms with Crippen LogP contribution in [0.3, 0.4) is 0 Å². The van der Waals surface area contributed by atoms with Gasteiger partial charge in [0.15, 0.2) is 0 Å². The monoisotopic (exact) mass is 372 g/mol. The molecule has 3 aromatic rings. The molecule has 1 atom stereocenters. The van der Waals surface area contributed by atoms with E-state index in [1.54, 1.807) is 18.2 Å². The van der Waals surface area contributed by atoms with Gasteiger partial charge in [0.25, 0.3) is 0 Å². The Bertz CT molecular complexity index is 1010. The number of hydrogen-bond donors (Lipinski definition) is 0. The number of carbonyl (C=O) groups is 2. The Morgan fingerprint density at radius 3 is 2.40 bits per heavy atom. The van der Waals surface area contributed by atoms with Crippen LogP contribution in [0, 0.1) is 0 Å². The van der Waals surface area contributed by atoms with Gasteiger partial charge in [-0.25, -0.2) is 4.90 Å². The van der Waals surface area contributed by atoms with Crippen LogP contribution in [0.5, 0.6) is 0 Å². The highest BCUT2D eigenvalue weighted by atomic mass is 35.5. The van der Waals surface area contributed by atoms with Crippen LogP contribution < -0.4 is 4.90 Å². The van der Waals surface area contributed by atoms with Gasteiger partial charge in [-0.2, -0.15) is 0 Å². The molecule has 2 heterocycles. The molecule has 1 aliphatic heterocycles. The minimum absolute atomic E-state index is 0.106. The summed E-state index contributed by atoms with van der Waals surface area (Å²) in [7, 11) is 1.93. The van der Waals surface area contributed by atoms with Crippen molar-refractivity contribution in [2.24, 2.45) is 7.05 Å². The molecule has 2 aromatic carbocycles. The van der Waals surface area contributed by atoms with Crippen LogP contribution in [0.2, 0.25) is 10.0 Å². The molecule has 0 aliphatic carbocycles. The summed E-state index contributed by atoms with van der Waals surface area (Å²) in [4.78, 5) is 26.8. The molecule has 1 fully saturated rings. The van der Waals surface area contributed by atoms with E-state index in [0.717, 1.165) is 21.4 Å². The van der Waals surface area contributed by atoms with Gasteiger partial charge >= 0.3 is 0 Å². The first-order chi connectivity index (χ1) is 12.0. The molecule has 0 saturated carbocycles. The van der Waals surface area contributed by atoms with Crippen molar-refractivity contribution in [3.8, 4) is 0 Å². The smallest absolute Gasteiger partial charge is 0.242 e. The molecule has 1 unspecified atom stereocenters. The number of imide groups is 1. The lowest BCUT2D eigenvalue weighted by atomic mass is 9.97. The van der Waals surface area contributed by atoms with E-state index in [4.69, 9.17) is 23.2 Å². The number of para-hydroxylation sites is 2. The molecule has 2 amide bonds. The van der Waals surface area contributed by atoms with Crippen molar-refractivity contribution in [3.05, 3.63) is 64.3 Å². The van der Waals surface area contributed by atoms with Crippen molar-refractivity contribution < 1.29 is 9.59 Å². The van der Waals surface area contributed by atoms with Crippen LogP contribution in [0.1, 0.15) is 17.9 Å². The maximum absolute atomic E-state index is 13.1. The number of aryl methyl sites for hydroxylation is 1. The summed E-state index contributed by atoms with van der Waals surface area (Å²) in [6, 6.07) is 12.8. The highest BCUT2D eigenvalue weighted by Crippen LogP contribution is 2.41. The Labute approximate surface area is 154 Å². The molecule has 0 radical (unpaired) electrons.